The summed E-state index contributed by atoms with van der Waals surface area (Å²) in [7, 11) is 1.94. The first-order valence-electron chi connectivity index (χ1n) is 6.25. The summed E-state index contributed by atoms with van der Waals surface area (Å²) in [4.78, 5) is 0. The number of likely N-dealkylation sites (N-methyl/N-ethyl adjacent to an activating group) is 1. The average Bonchev–Trinajstić information content (AvgIpc) is 2.46. The van der Waals surface area contributed by atoms with Gasteiger partial charge in [-0.2, -0.15) is 0 Å². The van der Waals surface area contributed by atoms with E-state index in [1.165, 1.54) is 11.1 Å². The van der Waals surface area contributed by atoms with Crippen molar-refractivity contribution in [2.24, 2.45) is 0 Å². The molecule has 0 aromatic heterocycles. The van der Waals surface area contributed by atoms with Gasteiger partial charge in [0.2, 0.25) is 0 Å². The molecule has 0 aliphatic heterocycles. The molecule has 0 fully saturated rings. The molecule has 2 nitrogen and oxygen atoms in total. The van der Waals surface area contributed by atoms with Crippen LogP contribution in [0.2, 0.25) is 0 Å². The van der Waals surface area contributed by atoms with Gasteiger partial charge in [0, 0.05) is 6.04 Å². The summed E-state index contributed by atoms with van der Waals surface area (Å²) >= 11 is 0. The van der Waals surface area contributed by atoms with Gasteiger partial charge in [-0.15, -0.1) is 0 Å². The second-order valence-electron chi connectivity index (χ2n) is 4.39. The topological polar surface area (TPSA) is 21.3 Å². The summed E-state index contributed by atoms with van der Waals surface area (Å²) in [5.41, 5.74) is 2.44. The Balaban J connectivity index is 2.02. The predicted molar refractivity (Wildman–Crippen MR) is 75.9 cm³/mol. The number of rotatable bonds is 5. The lowest BCUT2D eigenvalue weighted by Crippen LogP contribution is -2.28. The quantitative estimate of drug-likeness (QED) is 0.867. The van der Waals surface area contributed by atoms with Crippen molar-refractivity contribution >= 4 is 0 Å². The van der Waals surface area contributed by atoms with Crippen molar-refractivity contribution in [3.63, 3.8) is 0 Å². The summed E-state index contributed by atoms with van der Waals surface area (Å²) in [5.74, 6) is 0.914. The molecule has 0 spiro atoms. The minimum Gasteiger partial charge on any atom is -0.492 e. The van der Waals surface area contributed by atoms with Crippen LogP contribution in [0.3, 0.4) is 0 Å². The van der Waals surface area contributed by atoms with Crippen LogP contribution in [0.1, 0.15) is 6.92 Å². The Kier molecular flexibility index (Phi) is 4.37. The molecule has 2 heteroatoms. The van der Waals surface area contributed by atoms with Crippen LogP contribution in [0.4, 0.5) is 0 Å². The number of ether oxygens (including phenoxy) is 1. The lowest BCUT2D eigenvalue weighted by molar-refractivity contribution is 0.280. The van der Waals surface area contributed by atoms with Gasteiger partial charge in [-0.25, -0.2) is 0 Å². The van der Waals surface area contributed by atoms with Crippen LogP contribution in [0.25, 0.3) is 11.1 Å². The lowest BCUT2D eigenvalue weighted by atomic mass is 10.1. The van der Waals surface area contributed by atoms with E-state index < -0.39 is 0 Å². The van der Waals surface area contributed by atoms with Gasteiger partial charge in [-0.1, -0.05) is 42.5 Å². The summed E-state index contributed by atoms with van der Waals surface area (Å²) < 4.78 is 5.69. The van der Waals surface area contributed by atoms with Gasteiger partial charge in [-0.3, -0.25) is 0 Å². The van der Waals surface area contributed by atoms with Crippen molar-refractivity contribution < 1.29 is 4.74 Å². The van der Waals surface area contributed by atoms with Gasteiger partial charge in [0.05, 0.1) is 0 Å². The monoisotopic (exact) mass is 241 g/mol. The Labute approximate surface area is 109 Å². The molecule has 18 heavy (non-hydrogen) atoms. The van der Waals surface area contributed by atoms with Gasteiger partial charge in [0.25, 0.3) is 0 Å². The zero-order valence-corrected chi connectivity index (χ0v) is 10.9. The summed E-state index contributed by atoms with van der Waals surface area (Å²) in [6.07, 6.45) is 0. The van der Waals surface area contributed by atoms with Gasteiger partial charge >= 0.3 is 0 Å². The third-order valence-electron chi connectivity index (χ3n) is 2.95. The molecule has 1 atom stereocenters. The Hall–Kier alpha value is -1.80. The van der Waals surface area contributed by atoms with E-state index in [4.69, 9.17) is 4.74 Å². The number of benzene rings is 2. The Morgan fingerprint density at radius 2 is 1.56 bits per heavy atom. The van der Waals surface area contributed by atoms with Crippen LogP contribution in [0.15, 0.2) is 54.6 Å². The Morgan fingerprint density at radius 3 is 2.17 bits per heavy atom. The molecule has 0 saturated heterocycles. The van der Waals surface area contributed by atoms with Crippen LogP contribution >= 0.6 is 0 Å². The second-order valence-corrected chi connectivity index (χ2v) is 4.39. The first kappa shape index (κ1) is 12.7. The smallest absolute Gasteiger partial charge is 0.119 e. The zero-order valence-electron chi connectivity index (χ0n) is 10.9. The number of hydrogen-bond acceptors (Lipinski definition) is 2. The molecule has 2 aromatic carbocycles. The highest BCUT2D eigenvalue weighted by molar-refractivity contribution is 5.63. The van der Waals surface area contributed by atoms with Crippen molar-refractivity contribution in [3.8, 4) is 16.9 Å². The van der Waals surface area contributed by atoms with E-state index in [1.54, 1.807) is 0 Å². The lowest BCUT2D eigenvalue weighted by Gasteiger charge is -2.12. The fraction of sp³-hybridized carbons (Fsp3) is 0.250. The minimum atomic E-state index is 0.360. The molecule has 2 aromatic rings. The van der Waals surface area contributed by atoms with Crippen LogP contribution in [0, 0.1) is 0 Å². The van der Waals surface area contributed by atoms with Crippen molar-refractivity contribution in [2.75, 3.05) is 13.7 Å². The highest BCUT2D eigenvalue weighted by Gasteiger charge is 2.00. The van der Waals surface area contributed by atoms with E-state index >= 15 is 0 Å². The van der Waals surface area contributed by atoms with Gasteiger partial charge in [0.15, 0.2) is 0 Å². The fourth-order valence-electron chi connectivity index (χ4n) is 1.68. The second kappa shape index (κ2) is 6.22. The molecule has 0 heterocycles. The molecular formula is C16H19NO. The third kappa shape index (κ3) is 3.34. The standard InChI is InChI=1S/C16H19NO/c1-13(17-2)12-18-16-10-8-15(9-11-16)14-6-4-3-5-7-14/h3-11,13,17H,12H2,1-2H3. The van der Waals surface area contributed by atoms with Gasteiger partial charge in [0.1, 0.15) is 12.4 Å². The van der Waals surface area contributed by atoms with E-state index in [0.29, 0.717) is 12.6 Å². The van der Waals surface area contributed by atoms with E-state index in [1.807, 2.05) is 37.4 Å². The largest absolute Gasteiger partial charge is 0.492 e. The average molecular weight is 241 g/mol. The van der Waals surface area contributed by atoms with Gasteiger partial charge < -0.3 is 10.1 Å². The summed E-state index contributed by atoms with van der Waals surface area (Å²) in [5, 5.41) is 3.15. The molecule has 1 N–H and O–H groups in total. The van der Waals surface area contributed by atoms with Crippen LogP contribution < -0.4 is 10.1 Å². The molecule has 0 amide bonds. The minimum absolute atomic E-state index is 0.360. The zero-order chi connectivity index (χ0) is 12.8. The van der Waals surface area contributed by atoms with Crippen molar-refractivity contribution in [1.82, 2.24) is 5.32 Å². The van der Waals surface area contributed by atoms with Crippen LogP contribution in [0.5, 0.6) is 5.75 Å². The molecule has 94 valence electrons. The predicted octanol–water partition coefficient (Wildman–Crippen LogP) is 3.34. The van der Waals surface area contributed by atoms with Crippen LogP contribution in [-0.2, 0) is 0 Å². The first-order chi connectivity index (χ1) is 8.79. The molecule has 0 saturated carbocycles. The molecule has 1 unspecified atom stereocenters. The molecule has 0 bridgehead atoms. The van der Waals surface area contributed by atoms with E-state index in [2.05, 4.69) is 36.5 Å². The van der Waals surface area contributed by atoms with Crippen LogP contribution in [-0.4, -0.2) is 19.7 Å². The number of hydrogen-bond donors (Lipinski definition) is 1. The SMILES string of the molecule is CNC(C)COc1ccc(-c2ccccc2)cc1. The molecular weight excluding hydrogens is 222 g/mol. The maximum Gasteiger partial charge on any atom is 0.119 e. The third-order valence-corrected chi connectivity index (χ3v) is 2.95. The number of nitrogens with one attached hydrogen (secondary N) is 1. The van der Waals surface area contributed by atoms with E-state index in [0.717, 1.165) is 5.75 Å². The summed E-state index contributed by atoms with van der Waals surface area (Å²) in [6.45, 7) is 2.78. The van der Waals surface area contributed by atoms with Crippen molar-refractivity contribution in [3.05, 3.63) is 54.6 Å². The first-order valence-corrected chi connectivity index (χ1v) is 6.25. The molecule has 2 rings (SSSR count). The molecule has 0 aliphatic carbocycles. The highest BCUT2D eigenvalue weighted by atomic mass is 16.5. The molecule has 0 radical (unpaired) electrons. The highest BCUT2D eigenvalue weighted by Crippen LogP contribution is 2.21. The Bertz CT molecular complexity index is 464. The summed E-state index contributed by atoms with van der Waals surface area (Å²) in [6, 6.07) is 18.9. The maximum atomic E-state index is 5.69. The maximum absolute atomic E-state index is 5.69. The Morgan fingerprint density at radius 1 is 0.944 bits per heavy atom. The fourth-order valence-corrected chi connectivity index (χ4v) is 1.68. The van der Waals surface area contributed by atoms with Crippen molar-refractivity contribution in [1.29, 1.82) is 0 Å². The van der Waals surface area contributed by atoms with Crippen molar-refractivity contribution in [2.45, 2.75) is 13.0 Å². The van der Waals surface area contributed by atoms with Gasteiger partial charge in [-0.05, 0) is 37.2 Å². The normalized spacial score (nSPS) is 12.1. The molecule has 0 aliphatic rings. The van der Waals surface area contributed by atoms with E-state index in [9.17, 15) is 0 Å². The van der Waals surface area contributed by atoms with E-state index in [-0.39, 0.29) is 0 Å².